The molecule has 1 aromatic heterocycles. The predicted octanol–water partition coefficient (Wildman–Crippen LogP) is 2.23. The molecule has 1 aromatic carbocycles. The Morgan fingerprint density at radius 2 is 1.91 bits per heavy atom. The zero-order chi connectivity index (χ0) is 15.9. The molecule has 1 heterocycles. The van der Waals surface area contributed by atoms with Gasteiger partial charge < -0.3 is 10.2 Å². The zero-order valence-corrected chi connectivity index (χ0v) is 13.2. The van der Waals surface area contributed by atoms with Crippen molar-refractivity contribution < 1.29 is 9.59 Å². The highest BCUT2D eigenvalue weighted by Gasteiger charge is 2.06. The number of hydrogen-bond donors (Lipinski definition) is 1. The highest BCUT2D eigenvalue weighted by atomic mass is 32.1. The van der Waals surface area contributed by atoms with Crippen LogP contribution >= 0.6 is 11.3 Å². The second-order valence-corrected chi connectivity index (χ2v) is 5.69. The van der Waals surface area contributed by atoms with Gasteiger partial charge in [-0.05, 0) is 35.7 Å². The van der Waals surface area contributed by atoms with E-state index in [2.05, 4.69) is 17.2 Å². The Morgan fingerprint density at radius 1 is 1.18 bits per heavy atom. The van der Waals surface area contributed by atoms with Gasteiger partial charge in [0.2, 0.25) is 0 Å². The number of rotatable bonds is 3. The van der Waals surface area contributed by atoms with Crippen molar-refractivity contribution in [1.29, 1.82) is 0 Å². The molecule has 5 heteroatoms. The standard InChI is InChI=1S/C17H16N2O2S/c1-19(2)17(21)14-9-7-13(8-10-14)5-3-11-18-16(20)15-6-4-12-22-15/h4,6-10,12H,11H2,1-2H3,(H,18,20). The lowest BCUT2D eigenvalue weighted by Crippen LogP contribution is -2.22. The largest absolute Gasteiger partial charge is 0.345 e. The zero-order valence-electron chi connectivity index (χ0n) is 12.4. The lowest BCUT2D eigenvalue weighted by atomic mass is 10.1. The van der Waals surface area contributed by atoms with Gasteiger partial charge in [-0.2, -0.15) is 0 Å². The summed E-state index contributed by atoms with van der Waals surface area (Å²) in [7, 11) is 3.43. The maximum Gasteiger partial charge on any atom is 0.262 e. The molecule has 0 saturated carbocycles. The third kappa shape index (κ3) is 4.21. The minimum absolute atomic E-state index is 0.0391. The number of nitrogens with zero attached hydrogens (tertiary/aromatic N) is 1. The summed E-state index contributed by atoms with van der Waals surface area (Å²) >= 11 is 1.40. The summed E-state index contributed by atoms with van der Waals surface area (Å²) in [6.07, 6.45) is 0. The fourth-order valence-electron chi connectivity index (χ4n) is 1.72. The molecule has 0 spiro atoms. The average molecular weight is 312 g/mol. The smallest absolute Gasteiger partial charge is 0.262 e. The molecule has 4 nitrogen and oxygen atoms in total. The van der Waals surface area contributed by atoms with Crippen molar-refractivity contribution >= 4 is 23.2 Å². The van der Waals surface area contributed by atoms with E-state index in [4.69, 9.17) is 0 Å². The van der Waals surface area contributed by atoms with E-state index in [-0.39, 0.29) is 18.4 Å². The molecule has 22 heavy (non-hydrogen) atoms. The van der Waals surface area contributed by atoms with Crippen LogP contribution in [-0.2, 0) is 0 Å². The van der Waals surface area contributed by atoms with E-state index in [0.717, 1.165) is 5.56 Å². The van der Waals surface area contributed by atoms with Crippen LogP contribution in [0.15, 0.2) is 41.8 Å². The first-order valence-corrected chi connectivity index (χ1v) is 7.58. The topological polar surface area (TPSA) is 49.4 Å². The number of carbonyl (C=O) groups excluding carboxylic acids is 2. The van der Waals surface area contributed by atoms with Crippen LogP contribution in [0.5, 0.6) is 0 Å². The van der Waals surface area contributed by atoms with Gasteiger partial charge >= 0.3 is 0 Å². The molecule has 0 fully saturated rings. The second-order valence-electron chi connectivity index (χ2n) is 4.74. The van der Waals surface area contributed by atoms with E-state index in [0.29, 0.717) is 10.4 Å². The number of hydrogen-bond acceptors (Lipinski definition) is 3. The van der Waals surface area contributed by atoms with Gasteiger partial charge in [0.15, 0.2) is 0 Å². The average Bonchev–Trinajstić information content (AvgIpc) is 3.05. The van der Waals surface area contributed by atoms with Gasteiger partial charge in [-0.1, -0.05) is 17.9 Å². The molecule has 0 bridgehead atoms. The predicted molar refractivity (Wildman–Crippen MR) is 88.0 cm³/mol. The van der Waals surface area contributed by atoms with E-state index < -0.39 is 0 Å². The number of amides is 2. The molecule has 0 aliphatic carbocycles. The van der Waals surface area contributed by atoms with Gasteiger partial charge in [0, 0.05) is 25.2 Å². The van der Waals surface area contributed by atoms with Crippen LogP contribution in [0.1, 0.15) is 25.6 Å². The number of benzene rings is 1. The van der Waals surface area contributed by atoms with Crippen molar-refractivity contribution in [2.24, 2.45) is 0 Å². The van der Waals surface area contributed by atoms with Crippen molar-refractivity contribution in [2.75, 3.05) is 20.6 Å². The monoisotopic (exact) mass is 312 g/mol. The van der Waals surface area contributed by atoms with Crippen molar-refractivity contribution in [1.82, 2.24) is 10.2 Å². The summed E-state index contributed by atoms with van der Waals surface area (Å²) in [5.41, 5.74) is 1.43. The molecule has 0 saturated heterocycles. The summed E-state index contributed by atoms with van der Waals surface area (Å²) in [4.78, 5) is 25.6. The summed E-state index contributed by atoms with van der Waals surface area (Å²) in [6, 6.07) is 10.7. The third-order valence-electron chi connectivity index (χ3n) is 2.85. The first kappa shape index (κ1) is 15.8. The molecule has 0 atom stereocenters. The van der Waals surface area contributed by atoms with Crippen LogP contribution in [0, 0.1) is 11.8 Å². The maximum atomic E-state index is 11.7. The summed E-state index contributed by atoms with van der Waals surface area (Å²) in [5, 5.41) is 4.60. The van der Waals surface area contributed by atoms with E-state index in [1.165, 1.54) is 16.2 Å². The fourth-order valence-corrected chi connectivity index (χ4v) is 2.36. The Labute approximate surface area is 133 Å². The van der Waals surface area contributed by atoms with Crippen molar-refractivity contribution in [3.63, 3.8) is 0 Å². The normalized spacial score (nSPS) is 9.55. The van der Waals surface area contributed by atoms with Crippen LogP contribution in [0.2, 0.25) is 0 Å². The highest BCUT2D eigenvalue weighted by Crippen LogP contribution is 2.07. The Morgan fingerprint density at radius 3 is 2.50 bits per heavy atom. The highest BCUT2D eigenvalue weighted by molar-refractivity contribution is 7.12. The lowest BCUT2D eigenvalue weighted by Gasteiger charge is -2.09. The molecule has 2 aromatic rings. The second kappa shape index (κ2) is 7.43. The number of carbonyl (C=O) groups is 2. The number of nitrogens with one attached hydrogen (secondary N) is 1. The minimum Gasteiger partial charge on any atom is -0.345 e. The Hall–Kier alpha value is -2.58. The maximum absolute atomic E-state index is 11.7. The Bertz CT molecular complexity index is 707. The summed E-state index contributed by atoms with van der Waals surface area (Å²) < 4.78 is 0. The molecular formula is C17H16N2O2S. The third-order valence-corrected chi connectivity index (χ3v) is 3.72. The van der Waals surface area contributed by atoms with E-state index in [1.807, 2.05) is 11.4 Å². The van der Waals surface area contributed by atoms with E-state index in [1.54, 1.807) is 44.4 Å². The van der Waals surface area contributed by atoms with Crippen LogP contribution < -0.4 is 5.32 Å². The van der Waals surface area contributed by atoms with Gasteiger partial charge in [0.05, 0.1) is 11.4 Å². The van der Waals surface area contributed by atoms with Crippen LogP contribution in [0.3, 0.4) is 0 Å². The fraction of sp³-hybridized carbons (Fsp3) is 0.176. The summed E-state index contributed by atoms with van der Waals surface area (Å²) in [5.74, 6) is 5.69. The van der Waals surface area contributed by atoms with Crippen molar-refractivity contribution in [3.05, 3.63) is 57.8 Å². The van der Waals surface area contributed by atoms with Crippen LogP contribution in [0.25, 0.3) is 0 Å². The number of thiophene rings is 1. The molecule has 0 aliphatic rings. The molecule has 2 amide bonds. The van der Waals surface area contributed by atoms with Crippen molar-refractivity contribution in [2.45, 2.75) is 0 Å². The minimum atomic E-state index is -0.115. The molecule has 0 radical (unpaired) electrons. The van der Waals surface area contributed by atoms with Gasteiger partial charge in [-0.25, -0.2) is 0 Å². The van der Waals surface area contributed by atoms with Crippen LogP contribution in [0.4, 0.5) is 0 Å². The molecule has 0 unspecified atom stereocenters. The van der Waals surface area contributed by atoms with Crippen molar-refractivity contribution in [3.8, 4) is 11.8 Å². The first-order chi connectivity index (χ1) is 10.6. The quantitative estimate of drug-likeness (QED) is 0.884. The first-order valence-electron chi connectivity index (χ1n) is 6.70. The molecule has 112 valence electrons. The Balaban J connectivity index is 1.89. The van der Waals surface area contributed by atoms with Gasteiger partial charge in [-0.3, -0.25) is 9.59 Å². The molecule has 0 aliphatic heterocycles. The van der Waals surface area contributed by atoms with Gasteiger partial charge in [-0.15, -0.1) is 11.3 Å². The van der Waals surface area contributed by atoms with E-state index >= 15 is 0 Å². The SMILES string of the molecule is CN(C)C(=O)c1ccc(C#CCNC(=O)c2cccs2)cc1. The van der Waals surface area contributed by atoms with Gasteiger partial charge in [0.25, 0.3) is 11.8 Å². The molecular weight excluding hydrogens is 296 g/mol. The summed E-state index contributed by atoms with van der Waals surface area (Å²) in [6.45, 7) is 0.287. The van der Waals surface area contributed by atoms with Crippen LogP contribution in [-0.4, -0.2) is 37.4 Å². The molecule has 2 rings (SSSR count). The Kier molecular flexibility index (Phi) is 5.34. The van der Waals surface area contributed by atoms with Gasteiger partial charge in [0.1, 0.15) is 0 Å². The molecule has 1 N–H and O–H groups in total. The lowest BCUT2D eigenvalue weighted by molar-refractivity contribution is 0.0827. The van der Waals surface area contributed by atoms with E-state index in [9.17, 15) is 9.59 Å².